The summed E-state index contributed by atoms with van der Waals surface area (Å²) >= 11 is 0. The summed E-state index contributed by atoms with van der Waals surface area (Å²) in [6, 6.07) is 8.85. The first kappa shape index (κ1) is 15.7. The number of aromatic nitrogens is 2. The number of benzene rings is 1. The van der Waals surface area contributed by atoms with Crippen molar-refractivity contribution in [2.24, 2.45) is 5.73 Å². The van der Waals surface area contributed by atoms with Crippen molar-refractivity contribution in [2.45, 2.75) is 19.1 Å². The summed E-state index contributed by atoms with van der Waals surface area (Å²) < 4.78 is 39.6. The molecule has 2 N–H and O–H groups in total. The van der Waals surface area contributed by atoms with E-state index in [0.29, 0.717) is 16.3 Å². The average molecular weight is 311 g/mol. The van der Waals surface area contributed by atoms with Crippen LogP contribution in [0, 0.1) is 0 Å². The first-order valence-corrected chi connectivity index (χ1v) is 6.32. The number of primary amides is 1. The molecule has 2 rings (SSSR count). The van der Waals surface area contributed by atoms with Gasteiger partial charge in [-0.2, -0.15) is 18.3 Å². The highest BCUT2D eigenvalue weighted by Gasteiger charge is 2.35. The molecule has 0 aliphatic carbocycles. The van der Waals surface area contributed by atoms with Gasteiger partial charge < -0.3 is 5.73 Å². The molecule has 8 heteroatoms. The molecule has 0 aliphatic rings. The number of alkyl halides is 3. The average Bonchev–Trinajstić information content (AvgIpc) is 2.45. The lowest BCUT2D eigenvalue weighted by Crippen LogP contribution is -2.32. The fourth-order valence-corrected chi connectivity index (χ4v) is 1.86. The van der Waals surface area contributed by atoms with E-state index < -0.39 is 23.2 Å². The van der Waals surface area contributed by atoms with E-state index >= 15 is 0 Å². The maximum Gasteiger partial charge on any atom is 0.421 e. The van der Waals surface area contributed by atoms with Gasteiger partial charge in [0.25, 0.3) is 5.56 Å². The Morgan fingerprint density at radius 1 is 1.23 bits per heavy atom. The van der Waals surface area contributed by atoms with E-state index in [-0.39, 0.29) is 18.7 Å². The van der Waals surface area contributed by atoms with Crippen molar-refractivity contribution >= 4 is 5.91 Å². The van der Waals surface area contributed by atoms with Crippen molar-refractivity contribution < 1.29 is 18.0 Å². The zero-order valence-electron chi connectivity index (χ0n) is 11.3. The van der Waals surface area contributed by atoms with E-state index in [2.05, 4.69) is 5.10 Å². The van der Waals surface area contributed by atoms with E-state index in [1.54, 1.807) is 30.3 Å². The Balaban J connectivity index is 2.58. The molecule has 0 bridgehead atoms. The molecule has 1 aromatic carbocycles. The molecule has 1 heterocycles. The zero-order chi connectivity index (χ0) is 16.3. The molecule has 22 heavy (non-hydrogen) atoms. The molecule has 1 amide bonds. The largest absolute Gasteiger partial charge is 0.421 e. The second kappa shape index (κ2) is 6.00. The minimum Gasteiger partial charge on any atom is -0.370 e. The van der Waals surface area contributed by atoms with Crippen molar-refractivity contribution in [3.8, 4) is 11.3 Å². The summed E-state index contributed by atoms with van der Waals surface area (Å²) in [7, 11) is 0. The molecule has 0 unspecified atom stereocenters. The molecule has 0 saturated carbocycles. The molecular weight excluding hydrogens is 299 g/mol. The van der Waals surface area contributed by atoms with Crippen LogP contribution in [0.4, 0.5) is 13.2 Å². The standard InChI is InChI=1S/C14H12F3N3O2/c15-14(16,17)10-8-11(9-4-2-1-3-5-9)19-20(13(10)22)7-6-12(18)21/h1-5,8H,6-7H2,(H2,18,21). The Morgan fingerprint density at radius 3 is 2.41 bits per heavy atom. The van der Waals surface area contributed by atoms with Gasteiger partial charge in [-0.15, -0.1) is 0 Å². The number of carbonyl (C=O) groups is 1. The van der Waals surface area contributed by atoms with Gasteiger partial charge in [0.05, 0.1) is 12.2 Å². The Morgan fingerprint density at radius 2 is 1.86 bits per heavy atom. The Kier molecular flexibility index (Phi) is 4.30. The summed E-state index contributed by atoms with van der Waals surface area (Å²) in [5, 5.41) is 3.89. The van der Waals surface area contributed by atoms with Crippen LogP contribution in [0.5, 0.6) is 0 Å². The van der Waals surface area contributed by atoms with Crippen molar-refractivity contribution in [2.75, 3.05) is 0 Å². The summed E-state index contributed by atoms with van der Waals surface area (Å²) in [6.45, 7) is -0.308. The third-order valence-electron chi connectivity index (χ3n) is 2.92. The highest BCUT2D eigenvalue weighted by Crippen LogP contribution is 2.28. The third kappa shape index (κ3) is 3.51. The number of amides is 1. The maximum absolute atomic E-state index is 13.0. The molecule has 0 radical (unpaired) electrons. The number of halogens is 3. The predicted octanol–water partition coefficient (Wildman–Crippen LogP) is 1.80. The molecule has 116 valence electrons. The number of rotatable bonds is 4. The van der Waals surface area contributed by atoms with Crippen LogP contribution < -0.4 is 11.3 Å². The molecule has 5 nitrogen and oxygen atoms in total. The molecular formula is C14H12F3N3O2. The van der Waals surface area contributed by atoms with E-state index in [1.165, 1.54) is 0 Å². The van der Waals surface area contributed by atoms with Gasteiger partial charge in [-0.25, -0.2) is 4.68 Å². The smallest absolute Gasteiger partial charge is 0.370 e. The van der Waals surface area contributed by atoms with E-state index in [4.69, 9.17) is 5.73 Å². The monoisotopic (exact) mass is 311 g/mol. The lowest BCUT2D eigenvalue weighted by Gasteiger charge is -2.12. The molecule has 0 fully saturated rings. The Bertz CT molecular complexity index is 739. The number of aryl methyl sites for hydroxylation is 1. The number of nitrogens with zero attached hydrogens (tertiary/aromatic N) is 2. The van der Waals surface area contributed by atoms with Crippen LogP contribution in [0.1, 0.15) is 12.0 Å². The van der Waals surface area contributed by atoms with Gasteiger partial charge in [0, 0.05) is 12.0 Å². The van der Waals surface area contributed by atoms with Crippen LogP contribution in [-0.2, 0) is 17.5 Å². The Hall–Kier alpha value is -2.64. The third-order valence-corrected chi connectivity index (χ3v) is 2.92. The van der Waals surface area contributed by atoms with Gasteiger partial charge in [0.15, 0.2) is 0 Å². The first-order valence-electron chi connectivity index (χ1n) is 6.32. The highest BCUT2D eigenvalue weighted by atomic mass is 19.4. The van der Waals surface area contributed by atoms with Crippen molar-refractivity contribution in [3.63, 3.8) is 0 Å². The van der Waals surface area contributed by atoms with Gasteiger partial charge >= 0.3 is 6.18 Å². The summed E-state index contributed by atoms with van der Waals surface area (Å²) in [5.74, 6) is -0.729. The number of nitrogens with two attached hydrogens (primary N) is 1. The molecule has 0 aliphatic heterocycles. The highest BCUT2D eigenvalue weighted by molar-refractivity contribution is 5.73. The minimum absolute atomic E-state index is 0.00278. The van der Waals surface area contributed by atoms with Crippen LogP contribution in [-0.4, -0.2) is 15.7 Å². The lowest BCUT2D eigenvalue weighted by molar-refractivity contribution is -0.139. The fraction of sp³-hybridized carbons (Fsp3) is 0.214. The normalized spacial score (nSPS) is 11.4. The SMILES string of the molecule is NC(=O)CCn1nc(-c2ccccc2)cc(C(F)(F)F)c1=O. The molecule has 0 spiro atoms. The molecule has 1 aromatic heterocycles. The summed E-state index contributed by atoms with van der Waals surface area (Å²) in [6.07, 6.45) is -5.08. The van der Waals surface area contributed by atoms with Gasteiger partial charge in [0.1, 0.15) is 5.56 Å². The van der Waals surface area contributed by atoms with Gasteiger partial charge in [-0.3, -0.25) is 9.59 Å². The van der Waals surface area contributed by atoms with Gasteiger partial charge in [-0.1, -0.05) is 30.3 Å². The second-order valence-corrected chi connectivity index (χ2v) is 4.55. The van der Waals surface area contributed by atoms with Crippen LogP contribution >= 0.6 is 0 Å². The van der Waals surface area contributed by atoms with E-state index in [9.17, 15) is 22.8 Å². The van der Waals surface area contributed by atoms with Crippen molar-refractivity contribution in [3.05, 3.63) is 52.3 Å². The van der Waals surface area contributed by atoms with E-state index in [1.807, 2.05) is 0 Å². The molecule has 0 saturated heterocycles. The zero-order valence-corrected chi connectivity index (χ0v) is 11.3. The van der Waals surface area contributed by atoms with Crippen LogP contribution in [0.2, 0.25) is 0 Å². The Labute approximate surface area is 123 Å². The maximum atomic E-state index is 13.0. The second-order valence-electron chi connectivity index (χ2n) is 4.55. The number of hydrogen-bond acceptors (Lipinski definition) is 3. The van der Waals surface area contributed by atoms with Crippen molar-refractivity contribution in [1.82, 2.24) is 9.78 Å². The van der Waals surface area contributed by atoms with Crippen LogP contribution in [0.25, 0.3) is 11.3 Å². The quantitative estimate of drug-likeness (QED) is 0.935. The topological polar surface area (TPSA) is 78.0 Å². The number of carbonyl (C=O) groups excluding carboxylic acids is 1. The summed E-state index contributed by atoms with van der Waals surface area (Å²) in [5.41, 5.74) is 2.76. The predicted molar refractivity (Wildman–Crippen MR) is 72.7 cm³/mol. The lowest BCUT2D eigenvalue weighted by atomic mass is 10.1. The first-order chi connectivity index (χ1) is 10.3. The van der Waals surface area contributed by atoms with Crippen LogP contribution in [0.3, 0.4) is 0 Å². The summed E-state index contributed by atoms with van der Waals surface area (Å²) in [4.78, 5) is 22.6. The minimum atomic E-state index is -4.81. The number of hydrogen-bond donors (Lipinski definition) is 1. The van der Waals surface area contributed by atoms with Crippen LogP contribution in [0.15, 0.2) is 41.2 Å². The van der Waals surface area contributed by atoms with Crippen molar-refractivity contribution in [1.29, 1.82) is 0 Å². The fourth-order valence-electron chi connectivity index (χ4n) is 1.86. The van der Waals surface area contributed by atoms with Gasteiger partial charge in [-0.05, 0) is 6.07 Å². The molecule has 2 aromatic rings. The van der Waals surface area contributed by atoms with Gasteiger partial charge in [0.2, 0.25) is 5.91 Å². The molecule has 0 atom stereocenters. The van der Waals surface area contributed by atoms with E-state index in [0.717, 1.165) is 0 Å².